The predicted octanol–water partition coefficient (Wildman–Crippen LogP) is 3.03. The summed E-state index contributed by atoms with van der Waals surface area (Å²) in [5.41, 5.74) is 5.36. The van der Waals surface area contributed by atoms with E-state index >= 15 is 0 Å². The zero-order chi connectivity index (χ0) is 9.68. The van der Waals surface area contributed by atoms with Crippen molar-refractivity contribution in [2.24, 2.45) is 5.73 Å². The van der Waals surface area contributed by atoms with Crippen LogP contribution in [0.3, 0.4) is 0 Å². The molecule has 0 aromatic heterocycles. The average Bonchev–Trinajstić information content (AvgIpc) is 2.12. The third-order valence-electron chi connectivity index (χ3n) is 1.51. The third-order valence-corrected chi connectivity index (χ3v) is 3.20. The Balaban J connectivity index is 2.53. The fraction of sp³-hybridized carbons (Fsp3) is 0.333. The Morgan fingerprint density at radius 2 is 2.23 bits per heavy atom. The minimum Gasteiger partial charge on any atom is -0.330 e. The summed E-state index contributed by atoms with van der Waals surface area (Å²) in [4.78, 5) is 1.07. The van der Waals surface area contributed by atoms with Crippen LogP contribution in [-0.4, -0.2) is 12.3 Å². The highest BCUT2D eigenvalue weighted by Gasteiger charge is 2.00. The van der Waals surface area contributed by atoms with Crippen LogP contribution in [0.1, 0.15) is 6.42 Å². The monoisotopic (exact) mass is 263 g/mol. The molecule has 0 fully saturated rings. The van der Waals surface area contributed by atoms with Crippen molar-refractivity contribution in [3.8, 4) is 0 Å². The van der Waals surface area contributed by atoms with Gasteiger partial charge in [-0.3, -0.25) is 0 Å². The summed E-state index contributed by atoms with van der Waals surface area (Å²) in [7, 11) is 0. The number of nitrogens with two attached hydrogens (primary N) is 1. The normalized spacial score (nSPS) is 10.4. The van der Waals surface area contributed by atoms with E-state index in [1.54, 1.807) is 23.9 Å². The van der Waals surface area contributed by atoms with Gasteiger partial charge in [-0.1, -0.05) is 0 Å². The predicted molar refractivity (Wildman–Crippen MR) is 58.5 cm³/mol. The first-order valence-electron chi connectivity index (χ1n) is 4.02. The highest BCUT2D eigenvalue weighted by Crippen LogP contribution is 2.24. The lowest BCUT2D eigenvalue weighted by Gasteiger charge is -2.01. The van der Waals surface area contributed by atoms with Gasteiger partial charge in [0.15, 0.2) is 0 Å². The van der Waals surface area contributed by atoms with E-state index < -0.39 is 0 Å². The molecule has 1 rings (SSSR count). The van der Waals surface area contributed by atoms with E-state index in [0.29, 0.717) is 11.0 Å². The van der Waals surface area contributed by atoms with Crippen LogP contribution in [0.2, 0.25) is 0 Å². The highest BCUT2D eigenvalue weighted by atomic mass is 79.9. The van der Waals surface area contributed by atoms with Gasteiger partial charge in [0.25, 0.3) is 0 Å². The molecule has 72 valence electrons. The summed E-state index contributed by atoms with van der Waals surface area (Å²) >= 11 is 4.83. The van der Waals surface area contributed by atoms with Crippen molar-refractivity contribution in [2.75, 3.05) is 12.3 Å². The molecule has 0 spiro atoms. The molecule has 2 N–H and O–H groups in total. The maximum Gasteiger partial charge on any atom is 0.137 e. The minimum atomic E-state index is -0.219. The van der Waals surface area contributed by atoms with Gasteiger partial charge in [0, 0.05) is 4.90 Å². The van der Waals surface area contributed by atoms with E-state index in [0.717, 1.165) is 17.1 Å². The molecule has 0 amide bonds. The van der Waals surface area contributed by atoms with Gasteiger partial charge in [0.05, 0.1) is 4.47 Å². The maximum atomic E-state index is 12.8. The molecule has 1 aromatic carbocycles. The van der Waals surface area contributed by atoms with Crippen molar-refractivity contribution in [3.05, 3.63) is 28.5 Å². The van der Waals surface area contributed by atoms with Gasteiger partial charge in [-0.2, -0.15) is 0 Å². The Bertz CT molecular complexity index is 280. The van der Waals surface area contributed by atoms with E-state index in [-0.39, 0.29) is 5.82 Å². The second kappa shape index (κ2) is 5.62. The number of hydrogen-bond acceptors (Lipinski definition) is 2. The Morgan fingerprint density at radius 1 is 1.46 bits per heavy atom. The summed E-state index contributed by atoms with van der Waals surface area (Å²) in [5, 5.41) is 0. The lowest BCUT2D eigenvalue weighted by molar-refractivity contribution is 0.619. The molecule has 0 aliphatic rings. The van der Waals surface area contributed by atoms with E-state index in [1.165, 1.54) is 6.07 Å². The molecule has 4 heteroatoms. The standard InChI is InChI=1S/C9H11BrFNS/c10-8-6-7(2-3-9(8)11)13-5-1-4-12/h2-3,6H,1,4-5,12H2. The van der Waals surface area contributed by atoms with Gasteiger partial charge in [0.1, 0.15) is 5.82 Å². The molecule has 0 aliphatic carbocycles. The molecule has 1 nitrogen and oxygen atoms in total. The van der Waals surface area contributed by atoms with Crippen LogP contribution in [0.25, 0.3) is 0 Å². The Hall–Kier alpha value is -0.0600. The zero-order valence-corrected chi connectivity index (χ0v) is 9.50. The first-order valence-corrected chi connectivity index (χ1v) is 5.80. The number of benzene rings is 1. The first-order chi connectivity index (χ1) is 6.24. The van der Waals surface area contributed by atoms with E-state index in [1.807, 2.05) is 0 Å². The first kappa shape index (κ1) is 11.0. The average molecular weight is 264 g/mol. The minimum absolute atomic E-state index is 0.219. The van der Waals surface area contributed by atoms with Crippen LogP contribution in [0, 0.1) is 5.82 Å². The largest absolute Gasteiger partial charge is 0.330 e. The van der Waals surface area contributed by atoms with Gasteiger partial charge in [-0.05, 0) is 52.8 Å². The van der Waals surface area contributed by atoms with Crippen LogP contribution in [0.15, 0.2) is 27.6 Å². The van der Waals surface area contributed by atoms with Gasteiger partial charge < -0.3 is 5.73 Å². The topological polar surface area (TPSA) is 26.0 Å². The van der Waals surface area contributed by atoms with Crippen molar-refractivity contribution < 1.29 is 4.39 Å². The quantitative estimate of drug-likeness (QED) is 0.668. The van der Waals surface area contributed by atoms with Gasteiger partial charge in [-0.15, -0.1) is 11.8 Å². The molecule has 0 bridgehead atoms. The Morgan fingerprint density at radius 3 is 2.85 bits per heavy atom. The van der Waals surface area contributed by atoms with Crippen LogP contribution in [0.5, 0.6) is 0 Å². The second-order valence-corrected chi connectivity index (χ2v) is 4.59. The molecule has 0 radical (unpaired) electrons. The maximum absolute atomic E-state index is 12.8. The summed E-state index contributed by atoms with van der Waals surface area (Å²) < 4.78 is 13.3. The molecule has 1 aromatic rings. The number of rotatable bonds is 4. The van der Waals surface area contributed by atoms with Crippen LogP contribution >= 0.6 is 27.7 Å². The lowest BCUT2D eigenvalue weighted by atomic mass is 10.3. The Labute approximate surface area is 90.0 Å². The van der Waals surface area contributed by atoms with Crippen molar-refractivity contribution in [2.45, 2.75) is 11.3 Å². The lowest BCUT2D eigenvalue weighted by Crippen LogP contribution is -1.99. The summed E-state index contributed by atoms with van der Waals surface area (Å²) in [6.07, 6.45) is 0.986. The molecule has 0 unspecified atom stereocenters. The Kier molecular flexibility index (Phi) is 4.77. The van der Waals surface area contributed by atoms with Crippen LogP contribution in [-0.2, 0) is 0 Å². The van der Waals surface area contributed by atoms with Gasteiger partial charge >= 0.3 is 0 Å². The number of halogens is 2. The molecule has 0 saturated carbocycles. The summed E-state index contributed by atoms with van der Waals surface area (Å²) in [5.74, 6) is 0.761. The molecule has 0 heterocycles. The van der Waals surface area contributed by atoms with Crippen molar-refractivity contribution >= 4 is 27.7 Å². The smallest absolute Gasteiger partial charge is 0.137 e. The SMILES string of the molecule is NCCCSc1ccc(F)c(Br)c1. The highest BCUT2D eigenvalue weighted by molar-refractivity contribution is 9.10. The fourth-order valence-electron chi connectivity index (χ4n) is 0.840. The zero-order valence-electron chi connectivity index (χ0n) is 7.09. The van der Waals surface area contributed by atoms with Crippen LogP contribution in [0.4, 0.5) is 4.39 Å². The van der Waals surface area contributed by atoms with Crippen molar-refractivity contribution in [1.29, 1.82) is 0 Å². The molecule has 0 aliphatic heterocycles. The molecule has 0 atom stereocenters. The molecular weight excluding hydrogens is 253 g/mol. The summed E-state index contributed by atoms with van der Waals surface area (Å²) in [6, 6.07) is 5.03. The molecule has 13 heavy (non-hydrogen) atoms. The molecule has 0 saturated heterocycles. The second-order valence-electron chi connectivity index (χ2n) is 2.57. The number of thioether (sulfide) groups is 1. The number of hydrogen-bond donors (Lipinski definition) is 1. The van der Waals surface area contributed by atoms with Crippen LogP contribution < -0.4 is 5.73 Å². The van der Waals surface area contributed by atoms with E-state index in [9.17, 15) is 4.39 Å². The van der Waals surface area contributed by atoms with Crippen molar-refractivity contribution in [3.63, 3.8) is 0 Å². The molecular formula is C9H11BrFNS. The van der Waals surface area contributed by atoms with E-state index in [2.05, 4.69) is 15.9 Å². The van der Waals surface area contributed by atoms with Gasteiger partial charge in [0.2, 0.25) is 0 Å². The van der Waals surface area contributed by atoms with Gasteiger partial charge in [-0.25, -0.2) is 4.39 Å². The summed E-state index contributed by atoms with van der Waals surface area (Å²) in [6.45, 7) is 0.704. The van der Waals surface area contributed by atoms with Crippen molar-refractivity contribution in [1.82, 2.24) is 0 Å². The third kappa shape index (κ3) is 3.67. The fourth-order valence-corrected chi connectivity index (χ4v) is 2.28. The van der Waals surface area contributed by atoms with E-state index in [4.69, 9.17) is 5.73 Å².